The number of hydrogen-bond acceptors (Lipinski definition) is 7. The highest BCUT2D eigenvalue weighted by Gasteiger charge is 2.25. The van der Waals surface area contributed by atoms with E-state index < -0.39 is 10.2 Å². The molecule has 0 aromatic carbocycles. The summed E-state index contributed by atoms with van der Waals surface area (Å²) in [6.45, 7) is 0. The molecule has 0 aliphatic rings. The molecule has 16 heavy (non-hydrogen) atoms. The Morgan fingerprint density at radius 2 is 2.44 bits per heavy atom. The molecule has 84 valence electrons. The summed E-state index contributed by atoms with van der Waals surface area (Å²) in [7, 11) is 1.53. The Bertz CT molecular complexity index is 507. The van der Waals surface area contributed by atoms with Crippen LogP contribution in [-0.2, 0) is 7.05 Å². The second-order valence-electron chi connectivity index (χ2n) is 2.96. The van der Waals surface area contributed by atoms with Crippen LogP contribution in [0.5, 0.6) is 0 Å². The average molecular weight is 241 g/mol. The first-order valence-corrected chi connectivity index (χ1v) is 4.70. The van der Waals surface area contributed by atoms with Gasteiger partial charge in [-0.3, -0.25) is 0 Å². The van der Waals surface area contributed by atoms with Gasteiger partial charge in [0.2, 0.25) is 5.82 Å². The first kappa shape index (κ1) is 10.5. The number of H-pyrrole nitrogens is 1. The Hall–Kier alpha value is -1.97. The second-order valence-corrected chi connectivity index (χ2v) is 3.48. The minimum absolute atomic E-state index is 0.113. The van der Waals surface area contributed by atoms with Crippen LogP contribution in [0, 0.1) is 10.1 Å². The maximum absolute atomic E-state index is 10.6. The van der Waals surface area contributed by atoms with Gasteiger partial charge in [-0.05, 0) is 4.92 Å². The summed E-state index contributed by atoms with van der Waals surface area (Å²) in [6.07, 6.45) is 1.17. The van der Waals surface area contributed by atoms with Crippen LogP contribution in [0.15, 0.2) is 6.20 Å². The summed E-state index contributed by atoms with van der Waals surface area (Å²) in [5.41, 5.74) is 0. The Morgan fingerprint density at radius 3 is 2.94 bits per heavy atom. The average Bonchev–Trinajstić information content (AvgIpc) is 2.84. The molecule has 2 rings (SSSR count). The van der Waals surface area contributed by atoms with Crippen LogP contribution in [0.1, 0.15) is 16.9 Å². The monoisotopic (exact) mass is 241 g/mol. The topological polar surface area (TPSA) is 115 Å². The molecule has 2 heterocycles. The van der Waals surface area contributed by atoms with Crippen molar-refractivity contribution in [1.29, 1.82) is 0 Å². The van der Waals surface area contributed by atoms with Crippen LogP contribution >= 0.6 is 12.6 Å². The first-order chi connectivity index (χ1) is 7.61. The number of nitro groups is 1. The molecule has 0 radical (unpaired) electrons. The number of nitrogens with one attached hydrogen (secondary N) is 1. The fourth-order valence-corrected chi connectivity index (χ4v) is 1.59. The number of hydrogen-bond donors (Lipinski definition) is 2. The van der Waals surface area contributed by atoms with E-state index >= 15 is 0 Å². The molecule has 2 aromatic rings. The van der Waals surface area contributed by atoms with Gasteiger partial charge in [-0.1, -0.05) is 5.21 Å². The summed E-state index contributed by atoms with van der Waals surface area (Å²) >= 11 is 4.24. The molecule has 0 spiro atoms. The molecule has 0 aliphatic heterocycles. The summed E-state index contributed by atoms with van der Waals surface area (Å²) in [6, 6.07) is 0. The number of imidazole rings is 1. The standard InChI is InChI=1S/C6H7N7O2S/c1-12-3(13(14)15)2-7-6(12)4(16)5-8-10-11-9-5/h2,4,16H,1H3,(H,8,9,10,11). The largest absolute Gasteiger partial charge is 0.358 e. The molecule has 1 atom stereocenters. The highest BCUT2D eigenvalue weighted by molar-refractivity contribution is 7.80. The van der Waals surface area contributed by atoms with Crippen molar-refractivity contribution >= 4 is 18.4 Å². The van der Waals surface area contributed by atoms with E-state index in [0.29, 0.717) is 11.6 Å². The highest BCUT2D eigenvalue weighted by Crippen LogP contribution is 2.25. The maximum Gasteiger partial charge on any atom is 0.342 e. The van der Waals surface area contributed by atoms with Crippen LogP contribution in [0.4, 0.5) is 5.82 Å². The number of aromatic nitrogens is 6. The van der Waals surface area contributed by atoms with E-state index in [1.54, 1.807) is 0 Å². The fraction of sp³-hybridized carbons (Fsp3) is 0.333. The van der Waals surface area contributed by atoms with Crippen molar-refractivity contribution in [3.8, 4) is 0 Å². The number of rotatable bonds is 3. The van der Waals surface area contributed by atoms with Gasteiger partial charge in [-0.2, -0.15) is 17.8 Å². The van der Waals surface area contributed by atoms with Gasteiger partial charge in [-0.25, -0.2) is 9.55 Å². The van der Waals surface area contributed by atoms with E-state index in [-0.39, 0.29) is 5.82 Å². The third-order valence-corrected chi connectivity index (χ3v) is 2.50. The second kappa shape index (κ2) is 3.89. The van der Waals surface area contributed by atoms with Gasteiger partial charge < -0.3 is 10.1 Å². The summed E-state index contributed by atoms with van der Waals surface area (Å²) in [5.74, 6) is 0.584. The van der Waals surface area contributed by atoms with Crippen LogP contribution in [0.2, 0.25) is 0 Å². The lowest BCUT2D eigenvalue weighted by Crippen LogP contribution is -2.06. The minimum Gasteiger partial charge on any atom is -0.358 e. The molecule has 0 aliphatic carbocycles. The molecule has 0 fully saturated rings. The van der Waals surface area contributed by atoms with Crippen molar-refractivity contribution in [3.05, 3.63) is 28.0 Å². The first-order valence-electron chi connectivity index (χ1n) is 4.18. The van der Waals surface area contributed by atoms with Crippen molar-refractivity contribution < 1.29 is 4.92 Å². The van der Waals surface area contributed by atoms with Crippen LogP contribution in [-0.4, -0.2) is 35.1 Å². The number of thiol groups is 1. The summed E-state index contributed by atoms with van der Waals surface area (Å²) < 4.78 is 1.33. The Labute approximate surface area is 94.4 Å². The van der Waals surface area contributed by atoms with Gasteiger partial charge in [0.05, 0.1) is 7.05 Å². The maximum atomic E-state index is 10.6. The van der Waals surface area contributed by atoms with E-state index in [1.807, 2.05) is 0 Å². The van der Waals surface area contributed by atoms with Gasteiger partial charge in [0.1, 0.15) is 11.4 Å². The zero-order valence-corrected chi connectivity index (χ0v) is 9.00. The lowest BCUT2D eigenvalue weighted by Gasteiger charge is -2.02. The third-order valence-electron chi connectivity index (χ3n) is 2.04. The third kappa shape index (κ3) is 1.62. The van der Waals surface area contributed by atoms with Crippen molar-refractivity contribution in [3.63, 3.8) is 0 Å². The minimum atomic E-state index is -0.558. The van der Waals surface area contributed by atoms with Gasteiger partial charge in [-0.15, -0.1) is 10.2 Å². The lowest BCUT2D eigenvalue weighted by molar-refractivity contribution is -0.391. The van der Waals surface area contributed by atoms with Gasteiger partial charge >= 0.3 is 5.82 Å². The van der Waals surface area contributed by atoms with E-state index in [4.69, 9.17) is 0 Å². The molecule has 0 amide bonds. The van der Waals surface area contributed by atoms with E-state index in [0.717, 1.165) is 0 Å². The zero-order valence-electron chi connectivity index (χ0n) is 8.10. The molecular formula is C6H7N7O2S. The predicted octanol–water partition coefficient (Wildman–Crippen LogP) is -0.139. The van der Waals surface area contributed by atoms with Crippen LogP contribution in [0.3, 0.4) is 0 Å². The normalized spacial score (nSPS) is 12.6. The van der Waals surface area contributed by atoms with Gasteiger partial charge in [0.25, 0.3) is 0 Å². The Kier molecular flexibility index (Phi) is 2.56. The molecule has 10 heteroatoms. The Morgan fingerprint density at radius 1 is 1.69 bits per heavy atom. The zero-order chi connectivity index (χ0) is 11.7. The number of nitrogens with zero attached hydrogens (tertiary/aromatic N) is 6. The van der Waals surface area contributed by atoms with Crippen LogP contribution in [0.25, 0.3) is 0 Å². The lowest BCUT2D eigenvalue weighted by atomic mass is 10.4. The molecular weight excluding hydrogens is 234 g/mol. The molecule has 1 N–H and O–H groups in total. The van der Waals surface area contributed by atoms with Crippen LogP contribution < -0.4 is 0 Å². The predicted molar refractivity (Wildman–Crippen MR) is 54.9 cm³/mol. The fourth-order valence-electron chi connectivity index (χ4n) is 1.24. The molecule has 0 saturated heterocycles. The van der Waals surface area contributed by atoms with E-state index in [2.05, 4.69) is 38.2 Å². The van der Waals surface area contributed by atoms with E-state index in [1.165, 1.54) is 17.8 Å². The number of tetrazole rings is 1. The van der Waals surface area contributed by atoms with Gasteiger partial charge in [0, 0.05) is 0 Å². The molecule has 9 nitrogen and oxygen atoms in total. The van der Waals surface area contributed by atoms with Gasteiger partial charge in [0.15, 0.2) is 5.82 Å². The molecule has 0 bridgehead atoms. The molecule has 0 saturated carbocycles. The molecule has 1 unspecified atom stereocenters. The number of aromatic amines is 1. The van der Waals surface area contributed by atoms with Crippen molar-refractivity contribution in [2.75, 3.05) is 0 Å². The summed E-state index contributed by atoms with van der Waals surface area (Å²) in [5, 5.41) is 23.2. The van der Waals surface area contributed by atoms with E-state index in [9.17, 15) is 10.1 Å². The van der Waals surface area contributed by atoms with Crippen molar-refractivity contribution in [2.24, 2.45) is 7.05 Å². The Balaban J connectivity index is 2.38. The highest BCUT2D eigenvalue weighted by atomic mass is 32.1. The smallest absolute Gasteiger partial charge is 0.342 e. The quantitative estimate of drug-likeness (QED) is 0.439. The van der Waals surface area contributed by atoms with Crippen molar-refractivity contribution in [2.45, 2.75) is 5.25 Å². The molecule has 2 aromatic heterocycles. The SMILES string of the molecule is Cn1c([N+](=O)[O-])cnc1C(S)c1nn[nH]n1. The van der Waals surface area contributed by atoms with Crippen molar-refractivity contribution in [1.82, 2.24) is 30.2 Å². The summed E-state index contributed by atoms with van der Waals surface area (Å²) in [4.78, 5) is 14.0.